The zero-order valence-electron chi connectivity index (χ0n) is 11.5. The van der Waals surface area contributed by atoms with E-state index < -0.39 is 5.97 Å². The van der Waals surface area contributed by atoms with Gasteiger partial charge in [0.1, 0.15) is 5.75 Å². The molecule has 2 aromatic carbocycles. The summed E-state index contributed by atoms with van der Waals surface area (Å²) >= 11 is 0. The van der Waals surface area contributed by atoms with E-state index in [0.29, 0.717) is 11.3 Å². The van der Waals surface area contributed by atoms with Gasteiger partial charge in [0.15, 0.2) is 0 Å². The van der Waals surface area contributed by atoms with Crippen molar-refractivity contribution in [2.24, 2.45) is 0 Å². The molecule has 0 aliphatic rings. The van der Waals surface area contributed by atoms with E-state index in [1.165, 1.54) is 7.11 Å². The molecule has 3 nitrogen and oxygen atoms in total. The average Bonchev–Trinajstić information content (AvgIpc) is 2.46. The molecule has 0 radical (unpaired) electrons. The van der Waals surface area contributed by atoms with Gasteiger partial charge in [-0.15, -0.1) is 0 Å². The van der Waals surface area contributed by atoms with Gasteiger partial charge in [0, 0.05) is 5.56 Å². The van der Waals surface area contributed by atoms with Crippen LogP contribution < -0.4 is 4.74 Å². The number of carboxylic acids is 1. The Morgan fingerprint density at radius 1 is 1.10 bits per heavy atom. The number of aliphatic carboxylic acids is 1. The minimum absolute atomic E-state index is 0.219. The predicted molar refractivity (Wildman–Crippen MR) is 79.7 cm³/mol. The smallest absolute Gasteiger partial charge is 0.336 e. The van der Waals surface area contributed by atoms with Crippen LogP contribution in [0.2, 0.25) is 0 Å². The van der Waals surface area contributed by atoms with Crippen molar-refractivity contribution in [2.75, 3.05) is 7.11 Å². The Morgan fingerprint density at radius 2 is 1.75 bits per heavy atom. The number of aryl methyl sites for hydroxylation is 1. The van der Waals surface area contributed by atoms with Crippen molar-refractivity contribution in [3.05, 3.63) is 65.2 Å². The number of methoxy groups -OCH3 is 1. The van der Waals surface area contributed by atoms with Crippen LogP contribution in [0.25, 0.3) is 11.6 Å². The van der Waals surface area contributed by atoms with Crippen molar-refractivity contribution < 1.29 is 14.6 Å². The van der Waals surface area contributed by atoms with Crippen molar-refractivity contribution in [1.82, 2.24) is 0 Å². The molecule has 102 valence electrons. The maximum atomic E-state index is 11.6. The molecule has 0 saturated carbocycles. The molecule has 0 unspecified atom stereocenters. The van der Waals surface area contributed by atoms with E-state index in [1.807, 2.05) is 37.3 Å². The summed E-state index contributed by atoms with van der Waals surface area (Å²) in [5.41, 5.74) is 2.71. The molecule has 20 heavy (non-hydrogen) atoms. The van der Waals surface area contributed by atoms with Crippen molar-refractivity contribution in [3.8, 4) is 5.75 Å². The highest BCUT2D eigenvalue weighted by atomic mass is 16.5. The third-order valence-corrected chi connectivity index (χ3v) is 3.12. The Kier molecular flexibility index (Phi) is 4.20. The molecule has 0 heterocycles. The monoisotopic (exact) mass is 268 g/mol. The van der Waals surface area contributed by atoms with Crippen molar-refractivity contribution in [1.29, 1.82) is 0 Å². The van der Waals surface area contributed by atoms with Crippen LogP contribution in [0.15, 0.2) is 48.5 Å². The first-order chi connectivity index (χ1) is 9.63. The van der Waals surface area contributed by atoms with Gasteiger partial charge in [-0.2, -0.15) is 0 Å². The molecule has 0 saturated heterocycles. The largest absolute Gasteiger partial charge is 0.496 e. The third kappa shape index (κ3) is 2.88. The summed E-state index contributed by atoms with van der Waals surface area (Å²) in [7, 11) is 1.53. The second kappa shape index (κ2) is 6.06. The molecule has 0 spiro atoms. The van der Waals surface area contributed by atoms with E-state index in [2.05, 4.69) is 0 Å². The van der Waals surface area contributed by atoms with E-state index in [9.17, 15) is 9.90 Å². The SMILES string of the molecule is COc1ccccc1/C(=C\c1ccccc1C)C(=O)O. The molecule has 0 atom stereocenters. The number of carboxylic acid groups (broad SMARTS) is 1. The first-order valence-corrected chi connectivity index (χ1v) is 6.27. The second-order valence-corrected chi connectivity index (χ2v) is 4.42. The summed E-state index contributed by atoms with van der Waals surface area (Å²) < 4.78 is 5.24. The molecular formula is C17H16O3. The van der Waals surface area contributed by atoms with Gasteiger partial charge in [-0.1, -0.05) is 42.5 Å². The highest BCUT2D eigenvalue weighted by Gasteiger charge is 2.15. The normalized spacial score (nSPS) is 11.2. The Bertz CT molecular complexity index is 657. The lowest BCUT2D eigenvalue weighted by Crippen LogP contribution is -2.02. The molecule has 0 bridgehead atoms. The van der Waals surface area contributed by atoms with E-state index in [0.717, 1.165) is 11.1 Å². The van der Waals surface area contributed by atoms with Crippen LogP contribution in [-0.2, 0) is 4.79 Å². The Balaban J connectivity index is 2.58. The van der Waals surface area contributed by atoms with Crippen LogP contribution in [0.1, 0.15) is 16.7 Å². The fourth-order valence-corrected chi connectivity index (χ4v) is 2.03. The van der Waals surface area contributed by atoms with Crippen LogP contribution in [0.4, 0.5) is 0 Å². The molecular weight excluding hydrogens is 252 g/mol. The van der Waals surface area contributed by atoms with Gasteiger partial charge in [0.25, 0.3) is 0 Å². The number of ether oxygens (including phenoxy) is 1. The first-order valence-electron chi connectivity index (χ1n) is 6.27. The Hall–Kier alpha value is -2.55. The fraction of sp³-hybridized carbons (Fsp3) is 0.118. The molecule has 0 amide bonds. The van der Waals surface area contributed by atoms with Crippen LogP contribution >= 0.6 is 0 Å². The van der Waals surface area contributed by atoms with E-state index in [1.54, 1.807) is 24.3 Å². The molecule has 2 rings (SSSR count). The number of hydrogen-bond donors (Lipinski definition) is 1. The topological polar surface area (TPSA) is 46.5 Å². The lowest BCUT2D eigenvalue weighted by molar-refractivity contribution is -0.130. The number of hydrogen-bond acceptors (Lipinski definition) is 2. The first kappa shape index (κ1) is 13.9. The predicted octanol–water partition coefficient (Wildman–Crippen LogP) is 3.63. The van der Waals surface area contributed by atoms with Crippen LogP contribution in [-0.4, -0.2) is 18.2 Å². The van der Waals surface area contributed by atoms with Gasteiger partial charge in [0.2, 0.25) is 0 Å². The molecule has 0 aromatic heterocycles. The minimum Gasteiger partial charge on any atom is -0.496 e. The van der Waals surface area contributed by atoms with Crippen LogP contribution in [0, 0.1) is 6.92 Å². The Morgan fingerprint density at radius 3 is 2.40 bits per heavy atom. The molecule has 1 N–H and O–H groups in total. The summed E-state index contributed by atoms with van der Waals surface area (Å²) in [5, 5.41) is 9.48. The zero-order valence-corrected chi connectivity index (χ0v) is 11.5. The van der Waals surface area contributed by atoms with E-state index in [-0.39, 0.29) is 5.57 Å². The number of para-hydroxylation sites is 1. The molecule has 0 fully saturated rings. The summed E-state index contributed by atoms with van der Waals surface area (Å²) in [5.74, 6) is -0.424. The summed E-state index contributed by atoms with van der Waals surface area (Å²) in [6, 6.07) is 14.8. The quantitative estimate of drug-likeness (QED) is 0.680. The molecule has 2 aromatic rings. The highest BCUT2D eigenvalue weighted by Crippen LogP contribution is 2.28. The molecule has 3 heteroatoms. The van der Waals surface area contributed by atoms with Gasteiger partial charge >= 0.3 is 5.97 Å². The fourth-order valence-electron chi connectivity index (χ4n) is 2.03. The number of carbonyl (C=O) groups is 1. The summed E-state index contributed by atoms with van der Waals surface area (Å²) in [4.78, 5) is 11.6. The maximum Gasteiger partial charge on any atom is 0.336 e. The van der Waals surface area contributed by atoms with Crippen molar-refractivity contribution in [3.63, 3.8) is 0 Å². The second-order valence-electron chi connectivity index (χ2n) is 4.42. The number of benzene rings is 2. The number of rotatable bonds is 4. The van der Waals surface area contributed by atoms with Crippen LogP contribution in [0.3, 0.4) is 0 Å². The summed E-state index contributed by atoms with van der Waals surface area (Å²) in [6.45, 7) is 1.95. The summed E-state index contributed by atoms with van der Waals surface area (Å²) in [6.07, 6.45) is 1.68. The van der Waals surface area contributed by atoms with Gasteiger partial charge < -0.3 is 9.84 Å². The van der Waals surface area contributed by atoms with E-state index in [4.69, 9.17) is 4.74 Å². The van der Waals surface area contributed by atoms with E-state index >= 15 is 0 Å². The van der Waals surface area contributed by atoms with Gasteiger partial charge in [-0.05, 0) is 30.2 Å². The zero-order chi connectivity index (χ0) is 14.5. The molecule has 0 aliphatic heterocycles. The third-order valence-electron chi connectivity index (χ3n) is 3.12. The Labute approximate surface area is 118 Å². The molecule has 0 aliphatic carbocycles. The van der Waals surface area contributed by atoms with Gasteiger partial charge in [-0.3, -0.25) is 0 Å². The lowest BCUT2D eigenvalue weighted by Gasteiger charge is -2.09. The van der Waals surface area contributed by atoms with Gasteiger partial charge in [-0.25, -0.2) is 4.79 Å². The highest BCUT2D eigenvalue weighted by molar-refractivity contribution is 6.21. The van der Waals surface area contributed by atoms with Crippen molar-refractivity contribution in [2.45, 2.75) is 6.92 Å². The standard InChI is InChI=1S/C17H16O3/c1-12-7-3-4-8-13(12)11-15(17(18)19)14-9-5-6-10-16(14)20-2/h3-11H,1-2H3,(H,18,19)/b15-11+. The van der Waals surface area contributed by atoms with Crippen molar-refractivity contribution >= 4 is 17.6 Å². The lowest BCUT2D eigenvalue weighted by atomic mass is 10.00. The average molecular weight is 268 g/mol. The van der Waals surface area contributed by atoms with Gasteiger partial charge in [0.05, 0.1) is 12.7 Å². The minimum atomic E-state index is -0.974. The van der Waals surface area contributed by atoms with Crippen LogP contribution in [0.5, 0.6) is 5.75 Å². The maximum absolute atomic E-state index is 11.6.